The molecule has 1 aliphatic carbocycles. The number of morpholine rings is 1. The van der Waals surface area contributed by atoms with E-state index in [-0.39, 0.29) is 30.6 Å². The molecule has 2 aromatic rings. The van der Waals surface area contributed by atoms with Crippen molar-refractivity contribution in [1.82, 2.24) is 9.97 Å². The fraction of sp³-hybridized carbons (Fsp3) is 0.542. The number of carboxylic acids is 1. The molecule has 184 valence electrons. The first kappa shape index (κ1) is 24.3. The summed E-state index contributed by atoms with van der Waals surface area (Å²) < 4.78 is 50.3. The first-order valence-electron chi connectivity index (χ1n) is 11.4. The van der Waals surface area contributed by atoms with Crippen LogP contribution in [-0.4, -0.2) is 53.5 Å². The molecule has 0 bridgehead atoms. The van der Waals surface area contributed by atoms with Gasteiger partial charge in [0.1, 0.15) is 11.9 Å². The lowest BCUT2D eigenvalue weighted by molar-refractivity contribution is -0.184. The number of anilines is 1. The first-order valence-corrected chi connectivity index (χ1v) is 11.4. The molecular weight excluding hydrogens is 451 g/mol. The van der Waals surface area contributed by atoms with E-state index in [1.807, 2.05) is 6.07 Å². The van der Waals surface area contributed by atoms with Crippen molar-refractivity contribution in [3.63, 3.8) is 0 Å². The summed E-state index contributed by atoms with van der Waals surface area (Å²) in [5, 5.41) is 9.36. The van der Waals surface area contributed by atoms with Crippen LogP contribution in [0.25, 0.3) is 0 Å². The summed E-state index contributed by atoms with van der Waals surface area (Å²) in [5.74, 6) is -1.60. The Kier molecular flexibility index (Phi) is 7.25. The van der Waals surface area contributed by atoms with Crippen LogP contribution in [0.3, 0.4) is 0 Å². The highest BCUT2D eigenvalue weighted by atomic mass is 19.4. The second-order valence-electron chi connectivity index (χ2n) is 8.96. The summed E-state index contributed by atoms with van der Waals surface area (Å²) in [6.45, 7) is 3.61. The molecule has 1 saturated carbocycles. The van der Waals surface area contributed by atoms with Crippen LogP contribution in [0.2, 0.25) is 0 Å². The minimum absolute atomic E-state index is 0.0135. The standard InChI is InChI=1S/C24H28F3N3O4/c1-15-2-7-20(29-22(15)23(31)32)21-13-30(8-9-33-21)18-10-19(12-28-11-18)34-14-16-3-5-17(6-4-16)24(25,26)27/h2,7,10-12,16-17,21H,3-6,8-9,13-14H2,1H3,(H,31,32)/t16-,17-,21?. The molecule has 0 radical (unpaired) electrons. The number of rotatable bonds is 6. The van der Waals surface area contributed by atoms with Crippen LogP contribution in [0.4, 0.5) is 18.9 Å². The van der Waals surface area contributed by atoms with Gasteiger partial charge in [0.2, 0.25) is 0 Å². The minimum atomic E-state index is -4.11. The number of ether oxygens (including phenoxy) is 2. The van der Waals surface area contributed by atoms with Crippen LogP contribution in [-0.2, 0) is 4.74 Å². The van der Waals surface area contributed by atoms with Crippen LogP contribution in [0, 0.1) is 18.8 Å². The van der Waals surface area contributed by atoms with E-state index in [4.69, 9.17) is 9.47 Å². The number of hydrogen-bond donors (Lipinski definition) is 1. The normalized spacial score (nSPS) is 23.5. The van der Waals surface area contributed by atoms with E-state index in [9.17, 15) is 23.1 Å². The molecule has 1 unspecified atom stereocenters. The molecule has 0 spiro atoms. The Morgan fingerprint density at radius 1 is 1.24 bits per heavy atom. The lowest BCUT2D eigenvalue weighted by Gasteiger charge is -2.34. The molecule has 2 fully saturated rings. The summed E-state index contributed by atoms with van der Waals surface area (Å²) >= 11 is 0. The summed E-state index contributed by atoms with van der Waals surface area (Å²) in [5.41, 5.74) is 1.99. The second-order valence-corrected chi connectivity index (χ2v) is 8.96. The SMILES string of the molecule is Cc1ccc(C2CN(c3cncc(OC[C@H]4CC[C@H](C(F)(F)F)CC4)c3)CCO2)nc1C(=O)O. The molecule has 0 aromatic carbocycles. The van der Waals surface area contributed by atoms with Crippen molar-refractivity contribution in [2.75, 3.05) is 31.2 Å². The summed E-state index contributed by atoms with van der Waals surface area (Å²) in [7, 11) is 0. The number of nitrogens with zero attached hydrogens (tertiary/aromatic N) is 3. The number of aromatic nitrogens is 2. The molecule has 10 heteroatoms. The molecule has 1 aliphatic heterocycles. The van der Waals surface area contributed by atoms with Crippen molar-refractivity contribution in [1.29, 1.82) is 0 Å². The maximum Gasteiger partial charge on any atom is 0.391 e. The van der Waals surface area contributed by atoms with E-state index in [1.165, 1.54) is 0 Å². The summed E-state index contributed by atoms with van der Waals surface area (Å²) in [4.78, 5) is 22.0. The van der Waals surface area contributed by atoms with Gasteiger partial charge in [-0.2, -0.15) is 13.2 Å². The number of alkyl halides is 3. The average Bonchev–Trinajstić information content (AvgIpc) is 2.83. The third kappa shape index (κ3) is 5.78. The maximum absolute atomic E-state index is 12.9. The molecule has 4 rings (SSSR count). The molecule has 2 aliphatic rings. The zero-order valence-corrected chi connectivity index (χ0v) is 18.9. The highest BCUT2D eigenvalue weighted by Crippen LogP contribution is 2.39. The van der Waals surface area contributed by atoms with Gasteiger partial charge in [0.05, 0.1) is 49.5 Å². The van der Waals surface area contributed by atoms with Crippen LogP contribution >= 0.6 is 0 Å². The molecule has 1 atom stereocenters. The van der Waals surface area contributed by atoms with E-state index in [2.05, 4.69) is 14.9 Å². The van der Waals surface area contributed by atoms with Crippen molar-refractivity contribution in [2.45, 2.75) is 44.9 Å². The molecular formula is C24H28F3N3O4. The van der Waals surface area contributed by atoms with Crippen molar-refractivity contribution >= 4 is 11.7 Å². The molecule has 1 saturated heterocycles. The van der Waals surface area contributed by atoms with E-state index in [1.54, 1.807) is 31.5 Å². The van der Waals surface area contributed by atoms with Crippen molar-refractivity contribution in [3.8, 4) is 5.75 Å². The lowest BCUT2D eigenvalue weighted by atomic mass is 9.82. The molecule has 1 N–H and O–H groups in total. The van der Waals surface area contributed by atoms with E-state index in [0.29, 0.717) is 56.2 Å². The summed E-state index contributed by atoms with van der Waals surface area (Å²) in [6.07, 6.45) is 0.139. The molecule has 0 amide bonds. The van der Waals surface area contributed by atoms with Crippen LogP contribution in [0.5, 0.6) is 5.75 Å². The number of aryl methyl sites for hydroxylation is 1. The molecule has 2 aromatic heterocycles. The predicted molar refractivity (Wildman–Crippen MR) is 118 cm³/mol. The highest BCUT2D eigenvalue weighted by Gasteiger charge is 2.41. The van der Waals surface area contributed by atoms with Crippen LogP contribution in [0.1, 0.15) is 53.5 Å². The Labute approximate surface area is 195 Å². The van der Waals surface area contributed by atoms with Crippen LogP contribution < -0.4 is 9.64 Å². The predicted octanol–water partition coefficient (Wildman–Crippen LogP) is 4.81. The van der Waals surface area contributed by atoms with Gasteiger partial charge >= 0.3 is 12.1 Å². The first-order chi connectivity index (χ1) is 16.2. The van der Waals surface area contributed by atoms with Gasteiger partial charge in [-0.25, -0.2) is 9.78 Å². The zero-order chi connectivity index (χ0) is 24.3. The number of carbonyl (C=O) groups is 1. The van der Waals surface area contributed by atoms with Gasteiger partial charge in [0.25, 0.3) is 0 Å². The van der Waals surface area contributed by atoms with E-state index in [0.717, 1.165) is 5.69 Å². The average molecular weight is 479 g/mol. The van der Waals surface area contributed by atoms with Gasteiger partial charge in [-0.15, -0.1) is 0 Å². The van der Waals surface area contributed by atoms with Crippen molar-refractivity contribution in [2.24, 2.45) is 11.8 Å². The number of carboxylic acid groups (broad SMARTS) is 1. The topological polar surface area (TPSA) is 84.8 Å². The van der Waals surface area contributed by atoms with E-state index < -0.39 is 18.1 Å². The van der Waals surface area contributed by atoms with Gasteiger partial charge in [-0.05, 0) is 50.2 Å². The quantitative estimate of drug-likeness (QED) is 0.637. The van der Waals surface area contributed by atoms with E-state index >= 15 is 0 Å². The molecule has 3 heterocycles. The van der Waals surface area contributed by atoms with Gasteiger partial charge < -0.3 is 19.5 Å². The molecule has 7 nitrogen and oxygen atoms in total. The number of halogens is 3. The Morgan fingerprint density at radius 3 is 2.71 bits per heavy atom. The largest absolute Gasteiger partial charge is 0.492 e. The second kappa shape index (κ2) is 10.2. The number of aromatic carboxylic acids is 1. The zero-order valence-electron chi connectivity index (χ0n) is 18.9. The Hall–Kier alpha value is -2.88. The van der Waals surface area contributed by atoms with Gasteiger partial charge in [0.15, 0.2) is 5.69 Å². The summed E-state index contributed by atoms with van der Waals surface area (Å²) in [6, 6.07) is 5.37. The fourth-order valence-electron chi connectivity index (χ4n) is 4.53. The minimum Gasteiger partial charge on any atom is -0.492 e. The lowest BCUT2D eigenvalue weighted by Crippen LogP contribution is -2.38. The van der Waals surface area contributed by atoms with Crippen molar-refractivity contribution in [3.05, 3.63) is 47.5 Å². The van der Waals surface area contributed by atoms with Gasteiger partial charge in [-0.3, -0.25) is 4.98 Å². The highest BCUT2D eigenvalue weighted by molar-refractivity contribution is 5.87. The number of hydrogen-bond acceptors (Lipinski definition) is 6. The number of pyridine rings is 2. The Morgan fingerprint density at radius 2 is 2.00 bits per heavy atom. The monoisotopic (exact) mass is 479 g/mol. The Bertz CT molecular complexity index is 1010. The van der Waals surface area contributed by atoms with Crippen molar-refractivity contribution < 1.29 is 32.5 Å². The fourth-order valence-corrected chi connectivity index (χ4v) is 4.53. The third-order valence-electron chi connectivity index (χ3n) is 6.58. The Balaban J connectivity index is 1.36. The third-order valence-corrected chi connectivity index (χ3v) is 6.58. The van der Waals surface area contributed by atoms with Gasteiger partial charge in [0, 0.05) is 12.6 Å². The van der Waals surface area contributed by atoms with Gasteiger partial charge in [-0.1, -0.05) is 6.07 Å². The molecule has 34 heavy (non-hydrogen) atoms. The smallest absolute Gasteiger partial charge is 0.391 e. The maximum atomic E-state index is 12.9. The van der Waals surface area contributed by atoms with Crippen LogP contribution in [0.15, 0.2) is 30.6 Å².